The van der Waals surface area contributed by atoms with E-state index in [4.69, 9.17) is 0 Å². The molecule has 0 aliphatic carbocycles. The molecule has 2 aromatic rings. The van der Waals surface area contributed by atoms with E-state index in [2.05, 4.69) is 31.1 Å². The molecular weight excluding hydrogens is 336 g/mol. The SMILES string of the molecule is Cc1c(NC(=O)N[C@@H](C)c2n[nH]c(=O)[nH]2)cccc1C(=O)NC(C)(C)C. The molecule has 26 heavy (non-hydrogen) atoms. The van der Waals surface area contributed by atoms with Crippen molar-refractivity contribution >= 4 is 17.6 Å². The van der Waals surface area contributed by atoms with Crippen LogP contribution in [0, 0.1) is 6.92 Å². The summed E-state index contributed by atoms with van der Waals surface area (Å²) in [6, 6.07) is 4.15. The minimum Gasteiger partial charge on any atom is -0.347 e. The maximum atomic E-state index is 12.4. The van der Waals surface area contributed by atoms with Gasteiger partial charge in [0.05, 0.1) is 6.04 Å². The number of hydrogen-bond donors (Lipinski definition) is 5. The third-order valence-corrected chi connectivity index (χ3v) is 3.59. The summed E-state index contributed by atoms with van der Waals surface area (Å²) in [7, 11) is 0. The summed E-state index contributed by atoms with van der Waals surface area (Å²) in [5, 5.41) is 14.3. The molecule has 1 atom stereocenters. The van der Waals surface area contributed by atoms with E-state index in [9.17, 15) is 14.4 Å². The minimum absolute atomic E-state index is 0.207. The zero-order chi connectivity index (χ0) is 19.5. The first-order chi connectivity index (χ1) is 12.1. The Morgan fingerprint density at radius 3 is 2.50 bits per heavy atom. The zero-order valence-corrected chi connectivity index (χ0v) is 15.5. The Labute approximate surface area is 151 Å². The lowest BCUT2D eigenvalue weighted by Crippen LogP contribution is -2.41. The molecule has 1 heterocycles. The number of rotatable bonds is 4. The van der Waals surface area contributed by atoms with Crippen LogP contribution in [0.3, 0.4) is 0 Å². The molecule has 0 saturated heterocycles. The van der Waals surface area contributed by atoms with E-state index in [1.54, 1.807) is 32.0 Å². The van der Waals surface area contributed by atoms with E-state index in [1.807, 2.05) is 20.8 Å². The molecule has 1 aromatic carbocycles. The van der Waals surface area contributed by atoms with E-state index in [0.29, 0.717) is 22.6 Å². The van der Waals surface area contributed by atoms with Gasteiger partial charge < -0.3 is 16.0 Å². The van der Waals surface area contributed by atoms with Crippen LogP contribution in [0.1, 0.15) is 55.5 Å². The molecule has 0 bridgehead atoms. The fourth-order valence-corrected chi connectivity index (χ4v) is 2.34. The third kappa shape index (κ3) is 4.95. The van der Waals surface area contributed by atoms with Gasteiger partial charge in [0, 0.05) is 16.8 Å². The van der Waals surface area contributed by atoms with Crippen LogP contribution in [-0.2, 0) is 0 Å². The summed E-state index contributed by atoms with van der Waals surface area (Å²) in [4.78, 5) is 38.2. The van der Waals surface area contributed by atoms with Crippen LogP contribution >= 0.6 is 0 Å². The quantitative estimate of drug-likeness (QED) is 0.569. The summed E-state index contributed by atoms with van der Waals surface area (Å²) in [6.07, 6.45) is 0. The van der Waals surface area contributed by atoms with Gasteiger partial charge in [0.25, 0.3) is 5.91 Å². The molecule has 0 saturated carbocycles. The van der Waals surface area contributed by atoms with Gasteiger partial charge in [-0.1, -0.05) is 6.07 Å². The average Bonchev–Trinajstić information content (AvgIpc) is 2.94. The maximum Gasteiger partial charge on any atom is 0.340 e. The lowest BCUT2D eigenvalue weighted by molar-refractivity contribution is 0.0919. The molecule has 9 heteroatoms. The highest BCUT2D eigenvalue weighted by Crippen LogP contribution is 2.20. The number of carbonyl (C=O) groups is 2. The number of urea groups is 1. The molecule has 1 aromatic heterocycles. The fourth-order valence-electron chi connectivity index (χ4n) is 2.34. The number of nitrogens with one attached hydrogen (secondary N) is 5. The van der Waals surface area contributed by atoms with Crippen molar-refractivity contribution in [3.63, 3.8) is 0 Å². The van der Waals surface area contributed by atoms with E-state index >= 15 is 0 Å². The lowest BCUT2D eigenvalue weighted by atomic mass is 10.0. The molecule has 0 aliphatic rings. The normalized spacial score (nSPS) is 12.3. The highest BCUT2D eigenvalue weighted by atomic mass is 16.2. The van der Waals surface area contributed by atoms with Gasteiger partial charge in [0.1, 0.15) is 0 Å². The number of carbonyl (C=O) groups excluding carboxylic acids is 2. The van der Waals surface area contributed by atoms with Crippen LogP contribution in [0.25, 0.3) is 0 Å². The molecule has 0 aliphatic heterocycles. The van der Waals surface area contributed by atoms with Crippen molar-refractivity contribution in [3.8, 4) is 0 Å². The predicted octanol–water partition coefficient (Wildman–Crippen LogP) is 1.82. The third-order valence-electron chi connectivity index (χ3n) is 3.59. The number of aromatic nitrogens is 3. The van der Waals surface area contributed by atoms with Gasteiger partial charge in [0.15, 0.2) is 5.82 Å². The summed E-state index contributed by atoms with van der Waals surface area (Å²) in [5.41, 5.74) is 0.863. The molecule has 5 N–H and O–H groups in total. The summed E-state index contributed by atoms with van der Waals surface area (Å²) in [6.45, 7) is 9.15. The van der Waals surface area contributed by atoms with Gasteiger partial charge in [-0.05, 0) is 52.3 Å². The van der Waals surface area contributed by atoms with Crippen LogP contribution in [0.5, 0.6) is 0 Å². The maximum absolute atomic E-state index is 12.4. The van der Waals surface area contributed by atoms with Gasteiger partial charge in [-0.2, -0.15) is 5.10 Å². The van der Waals surface area contributed by atoms with Crippen LogP contribution in [-0.4, -0.2) is 32.7 Å². The highest BCUT2D eigenvalue weighted by Gasteiger charge is 2.19. The molecule has 0 radical (unpaired) electrons. The Balaban J connectivity index is 2.09. The molecule has 3 amide bonds. The van der Waals surface area contributed by atoms with Crippen LogP contribution in [0.15, 0.2) is 23.0 Å². The zero-order valence-electron chi connectivity index (χ0n) is 15.5. The molecule has 140 valence electrons. The second-order valence-corrected chi connectivity index (χ2v) is 7.07. The number of anilines is 1. The van der Waals surface area contributed by atoms with Gasteiger partial charge >= 0.3 is 11.7 Å². The predicted molar refractivity (Wildman–Crippen MR) is 98.2 cm³/mol. The molecule has 2 rings (SSSR count). The highest BCUT2D eigenvalue weighted by molar-refractivity contribution is 5.99. The standard InChI is InChI=1S/C17H24N6O3/c1-9-11(14(24)21-17(3,4)5)7-6-8-12(9)19-15(25)18-10(2)13-20-16(26)23-22-13/h6-8,10H,1-5H3,(H,21,24)(H2,18,19,25)(H2,20,22,23,26)/t10-/m0/s1. The Morgan fingerprint density at radius 2 is 1.92 bits per heavy atom. The van der Waals surface area contributed by atoms with Crippen molar-refractivity contribution in [2.24, 2.45) is 0 Å². The smallest absolute Gasteiger partial charge is 0.340 e. The summed E-state index contributed by atoms with van der Waals surface area (Å²) >= 11 is 0. The van der Waals surface area contributed by atoms with Crippen LogP contribution in [0.2, 0.25) is 0 Å². The topological polar surface area (TPSA) is 132 Å². The van der Waals surface area contributed by atoms with Crippen molar-refractivity contribution in [1.82, 2.24) is 25.8 Å². The Morgan fingerprint density at radius 1 is 1.23 bits per heavy atom. The summed E-state index contributed by atoms with van der Waals surface area (Å²) < 4.78 is 0. The van der Waals surface area contributed by atoms with Crippen molar-refractivity contribution in [2.45, 2.75) is 46.2 Å². The Hall–Kier alpha value is -3.10. The van der Waals surface area contributed by atoms with E-state index in [0.717, 1.165) is 0 Å². The Kier molecular flexibility index (Phi) is 5.49. The van der Waals surface area contributed by atoms with Crippen LogP contribution in [0.4, 0.5) is 10.5 Å². The van der Waals surface area contributed by atoms with Crippen molar-refractivity contribution in [1.29, 1.82) is 0 Å². The number of aromatic amines is 2. The second kappa shape index (κ2) is 7.42. The summed E-state index contributed by atoms with van der Waals surface area (Å²) in [5.74, 6) is 0.113. The van der Waals surface area contributed by atoms with Gasteiger partial charge in [-0.25, -0.2) is 14.7 Å². The minimum atomic E-state index is -0.498. The van der Waals surface area contributed by atoms with Crippen molar-refractivity contribution in [2.75, 3.05) is 5.32 Å². The number of benzene rings is 1. The molecule has 0 fully saturated rings. The van der Waals surface area contributed by atoms with Crippen molar-refractivity contribution in [3.05, 3.63) is 45.6 Å². The first kappa shape index (κ1) is 19.2. The number of amides is 3. The van der Waals surface area contributed by atoms with Gasteiger partial charge in [0.2, 0.25) is 0 Å². The molecule has 0 unspecified atom stereocenters. The second-order valence-electron chi connectivity index (χ2n) is 7.07. The monoisotopic (exact) mass is 360 g/mol. The molecule has 9 nitrogen and oxygen atoms in total. The molecule has 0 spiro atoms. The lowest BCUT2D eigenvalue weighted by Gasteiger charge is -2.22. The first-order valence-corrected chi connectivity index (χ1v) is 8.21. The van der Waals surface area contributed by atoms with Crippen LogP contribution < -0.4 is 21.6 Å². The first-order valence-electron chi connectivity index (χ1n) is 8.21. The van der Waals surface area contributed by atoms with Gasteiger partial charge in [-0.3, -0.25) is 9.78 Å². The average molecular weight is 360 g/mol. The van der Waals surface area contributed by atoms with Crippen molar-refractivity contribution < 1.29 is 9.59 Å². The van der Waals surface area contributed by atoms with Gasteiger partial charge in [-0.15, -0.1) is 0 Å². The number of nitrogens with zero attached hydrogens (tertiary/aromatic N) is 1. The Bertz CT molecular complexity index is 862. The largest absolute Gasteiger partial charge is 0.347 e. The fraction of sp³-hybridized carbons (Fsp3) is 0.412. The van der Waals surface area contributed by atoms with E-state index in [1.165, 1.54) is 0 Å². The molecular formula is C17H24N6O3. The van der Waals surface area contributed by atoms with E-state index < -0.39 is 17.8 Å². The number of hydrogen-bond acceptors (Lipinski definition) is 4. The number of H-pyrrole nitrogens is 2. The van der Waals surface area contributed by atoms with E-state index in [-0.39, 0.29) is 11.4 Å².